The Bertz CT molecular complexity index is 37.9. The third-order valence-electron chi connectivity index (χ3n) is 0.642. The van der Waals surface area contributed by atoms with Crippen LogP contribution in [0.4, 0.5) is 0 Å². The molecule has 0 aliphatic heterocycles. The smallest absolute Gasteiger partial charge is 0.00750 e. The zero-order valence-electron chi connectivity index (χ0n) is 8.02. The van der Waals surface area contributed by atoms with Gasteiger partial charge < -0.3 is 16.8 Å². The van der Waals surface area contributed by atoms with Gasteiger partial charge in [0.2, 0.25) is 0 Å². The Morgan fingerprint density at radius 3 is 1.08 bits per heavy atom. The van der Waals surface area contributed by atoms with Crippen LogP contribution >= 0.6 is 0 Å². The summed E-state index contributed by atoms with van der Waals surface area (Å²) in [4.78, 5) is 0. The Labute approximate surface area is 225 Å². The average molecular weight is 304 g/mol. The van der Waals surface area contributed by atoms with Crippen molar-refractivity contribution >= 4 is 189 Å². The van der Waals surface area contributed by atoms with Gasteiger partial charge in [-0.05, 0) is 0 Å². The third kappa shape index (κ3) is 36.0. The molecule has 0 heterocycles. The van der Waals surface area contributed by atoms with E-state index >= 15 is 0 Å². The van der Waals surface area contributed by atoms with Crippen LogP contribution in [0, 0.1) is 0 Å². The maximum atomic E-state index is 5.17. The molecule has 0 bridgehead atoms. The molecular weight excluding hydrogens is 290 g/mol. The van der Waals surface area contributed by atoms with E-state index in [-0.39, 0.29) is 189 Å². The van der Waals surface area contributed by atoms with Crippen LogP contribution in [0.2, 0.25) is 0 Å². The number of rotatable bonds is 4. The summed E-state index contributed by atoms with van der Waals surface area (Å²) >= 11 is 0. The van der Waals surface area contributed by atoms with Gasteiger partial charge in [0.05, 0.1) is 0 Å². The molecule has 10 radical (unpaired) electrons. The summed E-state index contributed by atoms with van der Waals surface area (Å²) in [6.45, 7) is 3.13. The van der Waals surface area contributed by atoms with Crippen LogP contribution in [-0.4, -0.2) is 215 Å². The van der Waals surface area contributed by atoms with E-state index in [1.807, 2.05) is 0 Å². The fourth-order valence-corrected chi connectivity index (χ4v) is 0.329. The molecule has 8 heteroatoms. The number of hydrogen-bond donors (Lipinski definition) is 3. The molecule has 0 aliphatic carbocycles. The van der Waals surface area contributed by atoms with Gasteiger partial charge in [-0.2, -0.15) is 0 Å². The van der Waals surface area contributed by atoms with E-state index in [0.717, 1.165) is 13.1 Å². The van der Waals surface area contributed by atoms with Crippen molar-refractivity contribution in [3.05, 3.63) is 0 Å². The maximum Gasteiger partial charge on any atom is 0.00750 e. The number of nitrogens with one attached hydrogen (secondary N) is 1. The van der Waals surface area contributed by atoms with Gasteiger partial charge in [-0.25, -0.2) is 0 Å². The molecule has 5 N–H and O–H groups in total. The summed E-state index contributed by atoms with van der Waals surface area (Å²) in [5, 5.41) is 3.03. The SMILES string of the molecule is NCCNCCN.[Ca].[Ca].[Ca].[Ca].[Ca]. The topological polar surface area (TPSA) is 64.1 Å². The summed E-state index contributed by atoms with van der Waals surface area (Å²) in [5.41, 5.74) is 10.3. The fraction of sp³-hybridized carbons (Fsp3) is 1.00. The van der Waals surface area contributed by atoms with Crippen LogP contribution in [0.3, 0.4) is 0 Å². The van der Waals surface area contributed by atoms with Crippen molar-refractivity contribution in [1.29, 1.82) is 0 Å². The minimum atomic E-state index is 0. The standard InChI is InChI=1S/C4H13N3.5Ca/c5-1-3-7-4-2-6;;;;;/h7H,1-6H2;;;;;. The Kier molecular flexibility index (Phi) is 108. The molecule has 0 aromatic carbocycles. The molecule has 54 valence electrons. The van der Waals surface area contributed by atoms with Gasteiger partial charge in [-0.3, -0.25) is 0 Å². The van der Waals surface area contributed by atoms with E-state index in [1.54, 1.807) is 0 Å². The molecule has 0 saturated carbocycles. The molecule has 0 unspecified atom stereocenters. The van der Waals surface area contributed by atoms with Gasteiger partial charge >= 0.3 is 0 Å². The second-order valence-electron chi connectivity index (χ2n) is 1.33. The zero-order valence-corrected chi connectivity index (χ0v) is 19.1. The van der Waals surface area contributed by atoms with E-state index in [2.05, 4.69) is 5.32 Å². The first kappa shape index (κ1) is 36.2. The van der Waals surface area contributed by atoms with Crippen LogP contribution in [0.25, 0.3) is 0 Å². The van der Waals surface area contributed by atoms with Crippen molar-refractivity contribution in [2.45, 2.75) is 0 Å². The molecule has 0 saturated heterocycles. The normalized spacial score (nSPS) is 5.50. The quantitative estimate of drug-likeness (QED) is 0.375. The second-order valence-corrected chi connectivity index (χ2v) is 1.33. The van der Waals surface area contributed by atoms with Crippen molar-refractivity contribution in [3.63, 3.8) is 0 Å². The minimum absolute atomic E-state index is 0. The van der Waals surface area contributed by atoms with Gasteiger partial charge in [0.15, 0.2) is 0 Å². The molecule has 0 spiro atoms. The summed E-state index contributed by atoms with van der Waals surface area (Å²) < 4.78 is 0. The summed E-state index contributed by atoms with van der Waals surface area (Å²) in [6, 6.07) is 0. The van der Waals surface area contributed by atoms with E-state index < -0.39 is 0 Å². The summed E-state index contributed by atoms with van der Waals surface area (Å²) in [6.07, 6.45) is 0. The summed E-state index contributed by atoms with van der Waals surface area (Å²) in [7, 11) is 0. The van der Waals surface area contributed by atoms with Crippen molar-refractivity contribution < 1.29 is 0 Å². The molecule has 3 nitrogen and oxygen atoms in total. The van der Waals surface area contributed by atoms with Gasteiger partial charge in [-0.1, -0.05) is 0 Å². The van der Waals surface area contributed by atoms with Crippen molar-refractivity contribution in [3.8, 4) is 0 Å². The Morgan fingerprint density at radius 1 is 0.667 bits per heavy atom. The Balaban J connectivity index is -0.0000000180. The predicted molar refractivity (Wildman–Crippen MR) is 59.7 cm³/mol. The first-order valence-corrected chi connectivity index (χ1v) is 2.52. The van der Waals surface area contributed by atoms with Crippen LogP contribution < -0.4 is 16.8 Å². The molecule has 0 fully saturated rings. The van der Waals surface area contributed by atoms with Crippen LogP contribution in [0.5, 0.6) is 0 Å². The zero-order chi connectivity index (χ0) is 5.54. The van der Waals surface area contributed by atoms with E-state index in [9.17, 15) is 0 Å². The molecule has 12 heavy (non-hydrogen) atoms. The van der Waals surface area contributed by atoms with Gasteiger partial charge in [0.1, 0.15) is 0 Å². The third-order valence-corrected chi connectivity index (χ3v) is 0.642. The molecular formula is C4H13Ca5N3. The molecule has 0 aromatic rings. The Morgan fingerprint density at radius 2 is 0.917 bits per heavy atom. The maximum absolute atomic E-state index is 5.17. The van der Waals surface area contributed by atoms with Gasteiger partial charge in [-0.15, -0.1) is 0 Å². The fourth-order valence-electron chi connectivity index (χ4n) is 0.329. The molecule has 0 amide bonds. The van der Waals surface area contributed by atoms with Crippen molar-refractivity contribution in [2.24, 2.45) is 11.5 Å². The van der Waals surface area contributed by atoms with Crippen LogP contribution in [-0.2, 0) is 0 Å². The van der Waals surface area contributed by atoms with Gasteiger partial charge in [0.25, 0.3) is 0 Å². The largest absolute Gasteiger partial charge is 0.329 e. The van der Waals surface area contributed by atoms with Crippen LogP contribution in [0.15, 0.2) is 0 Å². The molecule has 0 aliphatic rings. The first-order valence-electron chi connectivity index (χ1n) is 2.52. The Hall–Kier alpha value is 6.18. The average Bonchev–Trinajstić information content (AvgIpc) is 1.69. The predicted octanol–water partition coefficient (Wildman–Crippen LogP) is -3.41. The van der Waals surface area contributed by atoms with E-state index in [1.165, 1.54) is 0 Å². The summed E-state index contributed by atoms with van der Waals surface area (Å²) in [5.74, 6) is 0. The number of hydrogen-bond acceptors (Lipinski definition) is 3. The number of nitrogens with two attached hydrogens (primary N) is 2. The van der Waals surface area contributed by atoms with E-state index in [0.29, 0.717) is 13.1 Å². The molecule has 0 rings (SSSR count). The molecule has 0 aromatic heterocycles. The monoisotopic (exact) mass is 303 g/mol. The van der Waals surface area contributed by atoms with Gasteiger partial charge in [0, 0.05) is 215 Å². The van der Waals surface area contributed by atoms with E-state index in [4.69, 9.17) is 11.5 Å². The minimum Gasteiger partial charge on any atom is -0.329 e. The van der Waals surface area contributed by atoms with Crippen molar-refractivity contribution in [2.75, 3.05) is 26.2 Å². The van der Waals surface area contributed by atoms with Crippen LogP contribution in [0.1, 0.15) is 0 Å². The second kappa shape index (κ2) is 36.0. The van der Waals surface area contributed by atoms with Crippen molar-refractivity contribution in [1.82, 2.24) is 5.32 Å². The molecule has 0 atom stereocenters. The first-order chi connectivity index (χ1) is 3.41.